The number of ether oxygens (including phenoxy) is 1. The van der Waals surface area contributed by atoms with Crippen molar-refractivity contribution in [3.8, 4) is 0 Å². The Labute approximate surface area is 167 Å². The van der Waals surface area contributed by atoms with Gasteiger partial charge in [0.1, 0.15) is 0 Å². The number of rotatable bonds is 9. The lowest BCUT2D eigenvalue weighted by molar-refractivity contribution is 0.106. The molecule has 5 heteroatoms. The summed E-state index contributed by atoms with van der Waals surface area (Å²) in [5.41, 5.74) is 3.59. The first kappa shape index (κ1) is 19.7. The molecule has 1 aromatic heterocycles. The normalized spacial score (nSPS) is 11.4. The fourth-order valence-corrected chi connectivity index (χ4v) is 2.95. The first-order valence-electron chi connectivity index (χ1n) is 9.59. The molecule has 2 aromatic carbocycles. The molecule has 0 aliphatic rings. The van der Waals surface area contributed by atoms with E-state index in [4.69, 9.17) is 4.74 Å². The smallest absolute Gasteiger partial charge is 0.191 e. The fourth-order valence-electron chi connectivity index (χ4n) is 2.95. The number of guanidine groups is 1. The molecule has 0 saturated carbocycles. The molecule has 0 bridgehead atoms. The van der Waals surface area contributed by atoms with Crippen LogP contribution < -0.4 is 10.6 Å². The number of hydrogen-bond donors (Lipinski definition) is 2. The molecule has 3 rings (SSSR count). The molecule has 5 nitrogen and oxygen atoms in total. The standard InChI is InChI=1S/C23H28N4O/c1-24-23(25-13-16-27-14-7-8-15-27)26-17-21-11-5-6-12-22(21)19-28-18-20-9-3-2-4-10-20/h2-12,14-15H,13,16-19H2,1H3,(H2,24,25,26). The molecule has 0 fully saturated rings. The van der Waals surface area contributed by atoms with Crippen LogP contribution in [0, 0.1) is 0 Å². The zero-order chi connectivity index (χ0) is 19.4. The maximum atomic E-state index is 5.91. The summed E-state index contributed by atoms with van der Waals surface area (Å²) >= 11 is 0. The number of aromatic nitrogens is 1. The molecular weight excluding hydrogens is 348 g/mol. The highest BCUT2D eigenvalue weighted by molar-refractivity contribution is 5.79. The van der Waals surface area contributed by atoms with Gasteiger partial charge in [0.15, 0.2) is 5.96 Å². The fraction of sp³-hybridized carbons (Fsp3) is 0.261. The van der Waals surface area contributed by atoms with Gasteiger partial charge in [0.2, 0.25) is 0 Å². The van der Waals surface area contributed by atoms with Crippen molar-refractivity contribution in [3.63, 3.8) is 0 Å². The van der Waals surface area contributed by atoms with E-state index >= 15 is 0 Å². The summed E-state index contributed by atoms with van der Waals surface area (Å²) in [6, 6.07) is 22.7. The van der Waals surface area contributed by atoms with Gasteiger partial charge in [0.05, 0.1) is 13.2 Å². The van der Waals surface area contributed by atoms with Gasteiger partial charge in [-0.15, -0.1) is 0 Å². The van der Waals surface area contributed by atoms with Gasteiger partial charge in [0.25, 0.3) is 0 Å². The van der Waals surface area contributed by atoms with Gasteiger partial charge in [-0.1, -0.05) is 54.6 Å². The van der Waals surface area contributed by atoms with E-state index in [1.54, 1.807) is 7.05 Å². The number of aliphatic imine (C=N–C) groups is 1. The zero-order valence-electron chi connectivity index (χ0n) is 16.3. The molecular formula is C23H28N4O. The van der Waals surface area contributed by atoms with Crippen LogP contribution in [0.4, 0.5) is 0 Å². The van der Waals surface area contributed by atoms with Crippen molar-refractivity contribution in [2.24, 2.45) is 4.99 Å². The van der Waals surface area contributed by atoms with Gasteiger partial charge in [-0.2, -0.15) is 0 Å². The Hall–Kier alpha value is -3.05. The quantitative estimate of drug-likeness (QED) is 0.443. The van der Waals surface area contributed by atoms with Crippen molar-refractivity contribution in [1.29, 1.82) is 0 Å². The van der Waals surface area contributed by atoms with E-state index in [9.17, 15) is 0 Å². The van der Waals surface area contributed by atoms with Crippen molar-refractivity contribution in [2.75, 3.05) is 13.6 Å². The molecule has 1 heterocycles. The third-order valence-electron chi connectivity index (χ3n) is 4.49. The molecule has 0 aliphatic heterocycles. The van der Waals surface area contributed by atoms with Crippen molar-refractivity contribution < 1.29 is 4.74 Å². The molecule has 0 spiro atoms. The Morgan fingerprint density at radius 1 is 0.857 bits per heavy atom. The van der Waals surface area contributed by atoms with E-state index in [0.717, 1.165) is 19.0 Å². The van der Waals surface area contributed by atoms with E-state index in [0.29, 0.717) is 19.8 Å². The lowest BCUT2D eigenvalue weighted by Crippen LogP contribution is -2.38. The second-order valence-electron chi connectivity index (χ2n) is 6.52. The number of benzene rings is 2. The number of hydrogen-bond acceptors (Lipinski definition) is 2. The van der Waals surface area contributed by atoms with Gasteiger partial charge in [-0.25, -0.2) is 0 Å². The summed E-state index contributed by atoms with van der Waals surface area (Å²) in [7, 11) is 1.79. The molecule has 2 N–H and O–H groups in total. The van der Waals surface area contributed by atoms with Crippen molar-refractivity contribution in [2.45, 2.75) is 26.3 Å². The largest absolute Gasteiger partial charge is 0.372 e. The molecule has 3 aromatic rings. The maximum Gasteiger partial charge on any atom is 0.191 e. The summed E-state index contributed by atoms with van der Waals surface area (Å²) in [5.74, 6) is 0.798. The number of nitrogens with one attached hydrogen (secondary N) is 2. The highest BCUT2D eigenvalue weighted by Crippen LogP contribution is 2.11. The monoisotopic (exact) mass is 376 g/mol. The van der Waals surface area contributed by atoms with Gasteiger partial charge < -0.3 is 19.9 Å². The first-order valence-corrected chi connectivity index (χ1v) is 9.59. The SMILES string of the molecule is CN=C(NCCn1cccc1)NCc1ccccc1COCc1ccccc1. The second-order valence-corrected chi connectivity index (χ2v) is 6.52. The lowest BCUT2D eigenvalue weighted by atomic mass is 10.1. The van der Waals surface area contributed by atoms with Crippen LogP contribution in [-0.4, -0.2) is 24.1 Å². The van der Waals surface area contributed by atoms with Gasteiger partial charge in [0, 0.05) is 39.1 Å². The van der Waals surface area contributed by atoms with Gasteiger partial charge in [-0.05, 0) is 28.8 Å². The summed E-state index contributed by atoms with van der Waals surface area (Å²) in [6.45, 7) is 3.62. The minimum absolute atomic E-state index is 0.590. The van der Waals surface area contributed by atoms with Crippen LogP contribution in [0.5, 0.6) is 0 Å². The van der Waals surface area contributed by atoms with Gasteiger partial charge >= 0.3 is 0 Å². The number of nitrogens with zero attached hydrogens (tertiary/aromatic N) is 2. The molecule has 0 aliphatic carbocycles. The Morgan fingerprint density at radius 3 is 2.32 bits per heavy atom. The van der Waals surface area contributed by atoms with E-state index in [1.165, 1.54) is 16.7 Å². The molecule has 0 amide bonds. The van der Waals surface area contributed by atoms with Crippen LogP contribution in [-0.2, 0) is 31.0 Å². The molecule has 0 saturated heterocycles. The average molecular weight is 377 g/mol. The molecule has 28 heavy (non-hydrogen) atoms. The molecule has 0 radical (unpaired) electrons. The van der Waals surface area contributed by atoms with E-state index < -0.39 is 0 Å². The second kappa shape index (κ2) is 10.9. The van der Waals surface area contributed by atoms with Gasteiger partial charge in [-0.3, -0.25) is 4.99 Å². The Morgan fingerprint density at radius 2 is 1.57 bits per heavy atom. The lowest BCUT2D eigenvalue weighted by Gasteiger charge is -2.15. The van der Waals surface area contributed by atoms with Crippen LogP contribution >= 0.6 is 0 Å². The Bertz CT molecular complexity index is 844. The highest BCUT2D eigenvalue weighted by atomic mass is 16.5. The predicted octanol–water partition coefficient (Wildman–Crippen LogP) is 3.57. The van der Waals surface area contributed by atoms with Crippen LogP contribution in [0.1, 0.15) is 16.7 Å². The van der Waals surface area contributed by atoms with Crippen LogP contribution in [0.3, 0.4) is 0 Å². The summed E-state index contributed by atoms with van der Waals surface area (Å²) < 4.78 is 8.05. The topological polar surface area (TPSA) is 50.6 Å². The van der Waals surface area contributed by atoms with E-state index in [1.807, 2.05) is 30.3 Å². The summed E-state index contributed by atoms with van der Waals surface area (Å²) in [6.07, 6.45) is 4.12. The van der Waals surface area contributed by atoms with Crippen molar-refractivity contribution in [1.82, 2.24) is 15.2 Å². The Balaban J connectivity index is 1.46. The van der Waals surface area contributed by atoms with Crippen LogP contribution in [0.15, 0.2) is 84.1 Å². The maximum absolute atomic E-state index is 5.91. The van der Waals surface area contributed by atoms with Crippen molar-refractivity contribution in [3.05, 3.63) is 95.8 Å². The van der Waals surface area contributed by atoms with E-state index in [2.05, 4.69) is 69.0 Å². The van der Waals surface area contributed by atoms with Crippen molar-refractivity contribution >= 4 is 5.96 Å². The predicted molar refractivity (Wildman–Crippen MR) is 114 cm³/mol. The molecule has 0 unspecified atom stereocenters. The van der Waals surface area contributed by atoms with Crippen LogP contribution in [0.25, 0.3) is 0 Å². The Kier molecular flexibility index (Phi) is 7.70. The minimum Gasteiger partial charge on any atom is -0.372 e. The third kappa shape index (κ3) is 6.28. The summed E-state index contributed by atoms with van der Waals surface area (Å²) in [4.78, 5) is 4.31. The average Bonchev–Trinajstić information content (AvgIpc) is 3.26. The van der Waals surface area contributed by atoms with E-state index in [-0.39, 0.29) is 0 Å². The first-order chi connectivity index (χ1) is 13.8. The zero-order valence-corrected chi connectivity index (χ0v) is 16.3. The molecule has 0 atom stereocenters. The van der Waals surface area contributed by atoms with Crippen LogP contribution in [0.2, 0.25) is 0 Å². The third-order valence-corrected chi connectivity index (χ3v) is 4.49. The minimum atomic E-state index is 0.590. The summed E-state index contributed by atoms with van der Waals surface area (Å²) in [5, 5.41) is 6.74. The highest BCUT2D eigenvalue weighted by Gasteiger charge is 2.04. The molecule has 146 valence electrons.